The Kier molecular flexibility index (Phi) is 4.39. The zero-order chi connectivity index (χ0) is 18.1. The first-order chi connectivity index (χ1) is 11.9. The van der Waals surface area contributed by atoms with E-state index in [1.165, 1.54) is 6.07 Å². The van der Waals surface area contributed by atoms with Gasteiger partial charge >= 0.3 is 5.82 Å². The number of para-hydroxylation sites is 1. The highest BCUT2D eigenvalue weighted by molar-refractivity contribution is 5.99. The van der Waals surface area contributed by atoms with Crippen LogP contribution in [0.25, 0.3) is 0 Å². The molecule has 25 heavy (non-hydrogen) atoms. The Labute approximate surface area is 145 Å². The van der Waals surface area contributed by atoms with Crippen molar-refractivity contribution < 1.29 is 14.5 Å². The van der Waals surface area contributed by atoms with E-state index in [9.17, 15) is 14.9 Å². The average molecular weight is 341 g/mol. The van der Waals surface area contributed by atoms with Crippen LogP contribution >= 0.6 is 0 Å². The van der Waals surface area contributed by atoms with Crippen LogP contribution in [0.2, 0.25) is 0 Å². The van der Waals surface area contributed by atoms with Crippen molar-refractivity contribution in [2.45, 2.75) is 39.3 Å². The molecule has 3 rings (SSSR count). The van der Waals surface area contributed by atoms with Gasteiger partial charge in [0.05, 0.1) is 0 Å². The average Bonchev–Trinajstić information content (AvgIpc) is 2.91. The Morgan fingerprint density at radius 1 is 1.36 bits per heavy atom. The van der Waals surface area contributed by atoms with Gasteiger partial charge in [0.2, 0.25) is 5.75 Å². The molecule has 1 aromatic carbocycles. The minimum atomic E-state index is -0.864. The van der Waals surface area contributed by atoms with Crippen LogP contribution in [0.1, 0.15) is 25.1 Å². The van der Waals surface area contributed by atoms with E-state index in [4.69, 9.17) is 4.74 Å². The third kappa shape index (κ3) is 3.17. The molecule has 7 heteroatoms. The number of amides is 1. The SMILES string of the molecule is Cc1ccc(O[C@H](C)C(=O)N2c3ccccc3C[C@@H]2C)c([N+](=O)[O-])n1. The Bertz CT molecular complexity index is 837. The standard InChI is InChI=1S/C18H19N3O4/c1-11-8-9-16(17(19-11)21(23)24)25-13(3)18(22)20-12(2)10-14-6-4-5-7-15(14)20/h4-9,12-13H,10H2,1-3H3/t12-,13+/m0/s1. The topological polar surface area (TPSA) is 85.6 Å². The zero-order valence-electron chi connectivity index (χ0n) is 14.3. The fourth-order valence-corrected chi connectivity index (χ4v) is 3.09. The van der Waals surface area contributed by atoms with Crippen molar-refractivity contribution in [3.05, 3.63) is 57.8 Å². The van der Waals surface area contributed by atoms with Gasteiger partial charge in [-0.15, -0.1) is 0 Å². The van der Waals surface area contributed by atoms with Gasteiger partial charge < -0.3 is 19.8 Å². The summed E-state index contributed by atoms with van der Waals surface area (Å²) in [4.78, 5) is 29.0. The number of aryl methyl sites for hydroxylation is 1. The van der Waals surface area contributed by atoms with E-state index in [1.54, 1.807) is 24.8 Å². The van der Waals surface area contributed by atoms with Crippen molar-refractivity contribution in [2.24, 2.45) is 0 Å². The molecular weight excluding hydrogens is 322 g/mol. The quantitative estimate of drug-likeness (QED) is 0.630. The monoisotopic (exact) mass is 341 g/mol. The van der Waals surface area contributed by atoms with Gasteiger partial charge in [-0.05, 0) is 53.9 Å². The summed E-state index contributed by atoms with van der Waals surface area (Å²) in [6, 6.07) is 10.8. The third-order valence-corrected chi connectivity index (χ3v) is 4.25. The van der Waals surface area contributed by atoms with Crippen LogP contribution < -0.4 is 9.64 Å². The predicted molar refractivity (Wildman–Crippen MR) is 92.8 cm³/mol. The molecule has 130 valence electrons. The lowest BCUT2D eigenvalue weighted by Gasteiger charge is -2.26. The van der Waals surface area contributed by atoms with Crippen LogP contribution in [0.3, 0.4) is 0 Å². The van der Waals surface area contributed by atoms with Gasteiger partial charge in [-0.25, -0.2) is 0 Å². The largest absolute Gasteiger partial charge is 0.473 e. The number of nitrogens with zero attached hydrogens (tertiary/aromatic N) is 3. The maximum absolute atomic E-state index is 12.9. The second-order valence-corrected chi connectivity index (χ2v) is 6.18. The smallest absolute Gasteiger partial charge is 0.406 e. The molecular formula is C18H19N3O4. The number of rotatable bonds is 4. The molecule has 0 unspecified atom stereocenters. The first kappa shape index (κ1) is 16.9. The molecule has 1 aromatic heterocycles. The van der Waals surface area contributed by atoms with Gasteiger partial charge in [0.25, 0.3) is 5.91 Å². The summed E-state index contributed by atoms with van der Waals surface area (Å²) >= 11 is 0. The summed E-state index contributed by atoms with van der Waals surface area (Å²) in [5, 5.41) is 11.2. The maximum atomic E-state index is 12.9. The summed E-state index contributed by atoms with van der Waals surface area (Å²) in [7, 11) is 0. The number of carbonyl (C=O) groups excluding carboxylic acids is 1. The van der Waals surface area contributed by atoms with Crippen molar-refractivity contribution in [3.8, 4) is 5.75 Å². The van der Waals surface area contributed by atoms with E-state index in [0.29, 0.717) is 5.69 Å². The van der Waals surface area contributed by atoms with Crippen LogP contribution in [0.4, 0.5) is 11.5 Å². The second kappa shape index (κ2) is 6.51. The number of nitro groups is 1. The number of carbonyl (C=O) groups is 1. The van der Waals surface area contributed by atoms with Gasteiger partial charge in [-0.2, -0.15) is 0 Å². The second-order valence-electron chi connectivity index (χ2n) is 6.18. The lowest BCUT2D eigenvalue weighted by molar-refractivity contribution is -0.390. The number of hydrogen-bond donors (Lipinski definition) is 0. The molecule has 0 spiro atoms. The van der Waals surface area contributed by atoms with Gasteiger partial charge in [0.1, 0.15) is 5.69 Å². The molecule has 2 heterocycles. The van der Waals surface area contributed by atoms with Crippen LogP contribution in [0.15, 0.2) is 36.4 Å². The van der Waals surface area contributed by atoms with E-state index >= 15 is 0 Å². The number of anilines is 1. The fraction of sp³-hybridized carbons (Fsp3) is 0.333. The molecule has 0 saturated carbocycles. The molecule has 0 radical (unpaired) electrons. The molecule has 0 bridgehead atoms. The van der Waals surface area contributed by atoms with E-state index in [0.717, 1.165) is 17.7 Å². The summed E-state index contributed by atoms with van der Waals surface area (Å²) < 4.78 is 5.60. The summed E-state index contributed by atoms with van der Waals surface area (Å²) in [6.07, 6.45) is -0.0854. The van der Waals surface area contributed by atoms with Crippen molar-refractivity contribution in [1.29, 1.82) is 0 Å². The lowest BCUT2D eigenvalue weighted by atomic mass is 10.1. The first-order valence-electron chi connectivity index (χ1n) is 8.08. The summed E-state index contributed by atoms with van der Waals surface area (Å²) in [5.41, 5.74) is 2.49. The Hall–Kier alpha value is -2.96. The fourth-order valence-electron chi connectivity index (χ4n) is 3.09. The Morgan fingerprint density at radius 3 is 2.80 bits per heavy atom. The lowest BCUT2D eigenvalue weighted by Crippen LogP contribution is -2.43. The van der Waals surface area contributed by atoms with Gasteiger partial charge in [0.15, 0.2) is 6.10 Å². The summed E-state index contributed by atoms with van der Waals surface area (Å²) in [6.45, 7) is 5.23. The van der Waals surface area contributed by atoms with Crippen molar-refractivity contribution in [1.82, 2.24) is 4.98 Å². The van der Waals surface area contributed by atoms with Gasteiger partial charge in [0, 0.05) is 18.7 Å². The molecule has 2 aromatic rings. The van der Waals surface area contributed by atoms with E-state index in [1.807, 2.05) is 31.2 Å². The molecule has 1 aliphatic heterocycles. The highest BCUT2D eigenvalue weighted by Gasteiger charge is 2.34. The van der Waals surface area contributed by atoms with Crippen LogP contribution in [0, 0.1) is 17.0 Å². The Balaban J connectivity index is 1.84. The van der Waals surface area contributed by atoms with Crippen LogP contribution in [-0.4, -0.2) is 28.0 Å². The number of ether oxygens (including phenoxy) is 1. The molecule has 0 aliphatic carbocycles. The van der Waals surface area contributed by atoms with Crippen molar-refractivity contribution in [3.63, 3.8) is 0 Å². The van der Waals surface area contributed by atoms with Gasteiger partial charge in [-0.3, -0.25) is 4.79 Å². The zero-order valence-corrected chi connectivity index (χ0v) is 14.3. The van der Waals surface area contributed by atoms with Crippen LogP contribution in [-0.2, 0) is 11.2 Å². The molecule has 0 saturated heterocycles. The molecule has 2 atom stereocenters. The van der Waals surface area contributed by atoms with Crippen molar-refractivity contribution >= 4 is 17.4 Å². The summed E-state index contributed by atoms with van der Waals surface area (Å²) in [5.74, 6) is -0.613. The molecule has 0 fully saturated rings. The minimum absolute atomic E-state index is 0.00316. The van der Waals surface area contributed by atoms with E-state index in [2.05, 4.69) is 4.98 Å². The van der Waals surface area contributed by atoms with Crippen LogP contribution in [0.5, 0.6) is 5.75 Å². The van der Waals surface area contributed by atoms with E-state index < -0.39 is 11.0 Å². The Morgan fingerprint density at radius 2 is 2.08 bits per heavy atom. The third-order valence-electron chi connectivity index (χ3n) is 4.25. The molecule has 0 N–H and O–H groups in total. The maximum Gasteiger partial charge on any atom is 0.406 e. The number of benzene rings is 1. The number of pyridine rings is 1. The number of hydrogen-bond acceptors (Lipinski definition) is 5. The normalized spacial score (nSPS) is 17.1. The van der Waals surface area contributed by atoms with E-state index in [-0.39, 0.29) is 23.5 Å². The highest BCUT2D eigenvalue weighted by atomic mass is 16.6. The molecule has 1 aliphatic rings. The minimum Gasteiger partial charge on any atom is -0.473 e. The number of aromatic nitrogens is 1. The number of fused-ring (bicyclic) bond motifs is 1. The predicted octanol–water partition coefficient (Wildman–Crippen LogP) is 3.04. The first-order valence-corrected chi connectivity index (χ1v) is 8.08. The van der Waals surface area contributed by atoms with Gasteiger partial charge in [-0.1, -0.05) is 18.2 Å². The van der Waals surface area contributed by atoms with Crippen molar-refractivity contribution in [2.75, 3.05) is 4.90 Å². The molecule has 7 nitrogen and oxygen atoms in total. The molecule has 1 amide bonds. The highest BCUT2D eigenvalue weighted by Crippen LogP contribution is 2.33.